The second-order valence-corrected chi connectivity index (χ2v) is 6.64. The molecule has 0 bridgehead atoms. The zero-order valence-electron chi connectivity index (χ0n) is 14.3. The molecule has 1 rings (SSSR count). The standard InChI is InChI=1S/C15H25NO2.H3O4P/c1-6-15(17,12(2)11-16(3)4)13-8-7-9-14(10-13)18-5;1-5(2,3)4/h7-10,12,17H,6,11H2,1-5H3;(H3,1,2,3,4)/p-1/t12-,15+;/m1./s1. The van der Waals surface area contributed by atoms with E-state index in [0.29, 0.717) is 6.42 Å². The minimum atomic E-state index is -4.89. The summed E-state index contributed by atoms with van der Waals surface area (Å²) in [5.74, 6) is 0.945. The quantitative estimate of drug-likeness (QED) is 0.655. The van der Waals surface area contributed by atoms with Crippen LogP contribution in [-0.2, 0) is 10.2 Å². The maximum atomic E-state index is 10.9. The van der Waals surface area contributed by atoms with Gasteiger partial charge in [-0.15, -0.1) is 0 Å². The molecule has 0 saturated carbocycles. The molecule has 0 aliphatic heterocycles. The molecule has 2 atom stereocenters. The van der Waals surface area contributed by atoms with Gasteiger partial charge in [-0.2, -0.15) is 0 Å². The van der Waals surface area contributed by atoms with E-state index in [1.54, 1.807) is 7.11 Å². The SMILES string of the molecule is CC[C@@](O)(c1cccc(OC)c1)[C@H](C)CN(C)C.O=P([O-])(O)O. The van der Waals surface area contributed by atoms with Crippen LogP contribution in [-0.4, -0.2) is 47.5 Å². The first kappa shape index (κ1) is 22.1. The van der Waals surface area contributed by atoms with Crippen LogP contribution in [0.5, 0.6) is 5.75 Å². The lowest BCUT2D eigenvalue weighted by atomic mass is 9.80. The smallest absolute Gasteiger partial charge is 0.262 e. The molecule has 0 spiro atoms. The van der Waals surface area contributed by atoms with Gasteiger partial charge in [-0.05, 0) is 38.2 Å². The van der Waals surface area contributed by atoms with E-state index in [4.69, 9.17) is 24.0 Å². The van der Waals surface area contributed by atoms with Crippen molar-refractivity contribution in [2.45, 2.75) is 25.9 Å². The van der Waals surface area contributed by atoms with Crippen LogP contribution in [0.25, 0.3) is 0 Å². The van der Waals surface area contributed by atoms with Gasteiger partial charge in [0.25, 0.3) is 7.82 Å². The maximum Gasteiger partial charge on any atom is 0.262 e. The van der Waals surface area contributed by atoms with Crippen molar-refractivity contribution >= 4 is 7.82 Å². The normalized spacial score (nSPS) is 15.4. The Morgan fingerprint density at radius 3 is 2.30 bits per heavy atom. The average Bonchev–Trinajstić information content (AvgIpc) is 2.43. The first-order valence-corrected chi connectivity index (χ1v) is 8.75. The fourth-order valence-corrected chi connectivity index (χ4v) is 2.43. The van der Waals surface area contributed by atoms with Gasteiger partial charge in [0.1, 0.15) is 5.75 Å². The topological polar surface area (TPSA) is 113 Å². The molecule has 0 aliphatic rings. The van der Waals surface area contributed by atoms with E-state index in [0.717, 1.165) is 17.9 Å². The van der Waals surface area contributed by atoms with Crippen molar-refractivity contribution in [3.05, 3.63) is 29.8 Å². The minimum Gasteiger partial charge on any atom is -0.756 e. The highest BCUT2D eigenvalue weighted by Crippen LogP contribution is 2.34. The summed E-state index contributed by atoms with van der Waals surface area (Å²) in [6.07, 6.45) is 0.690. The first-order valence-electron chi connectivity index (χ1n) is 7.22. The van der Waals surface area contributed by atoms with Gasteiger partial charge in [-0.1, -0.05) is 26.0 Å². The second kappa shape index (κ2) is 9.37. The number of ether oxygens (including phenoxy) is 1. The zero-order chi connectivity index (χ0) is 18.3. The van der Waals surface area contributed by atoms with Crippen molar-refractivity contribution in [1.29, 1.82) is 0 Å². The Bertz CT molecular complexity index is 510. The van der Waals surface area contributed by atoms with Gasteiger partial charge in [0.15, 0.2) is 0 Å². The van der Waals surface area contributed by atoms with Crippen LogP contribution < -0.4 is 9.63 Å². The molecule has 0 saturated heterocycles. The number of benzene rings is 1. The Morgan fingerprint density at radius 2 is 1.91 bits per heavy atom. The van der Waals surface area contributed by atoms with E-state index < -0.39 is 13.4 Å². The summed E-state index contributed by atoms with van der Waals surface area (Å²) in [7, 11) is 0.809. The molecule has 1 aromatic carbocycles. The summed E-state index contributed by atoms with van der Waals surface area (Å²) in [6.45, 7) is 4.95. The monoisotopic (exact) mass is 348 g/mol. The van der Waals surface area contributed by atoms with E-state index >= 15 is 0 Å². The van der Waals surface area contributed by atoms with E-state index in [-0.39, 0.29) is 5.92 Å². The van der Waals surface area contributed by atoms with E-state index in [9.17, 15) is 5.11 Å². The first-order chi connectivity index (χ1) is 10.4. The number of hydrogen-bond donors (Lipinski definition) is 3. The van der Waals surface area contributed by atoms with Crippen molar-refractivity contribution < 1.29 is 29.1 Å². The van der Waals surface area contributed by atoms with Crippen LogP contribution in [0.4, 0.5) is 0 Å². The Balaban J connectivity index is 0.000000841. The van der Waals surface area contributed by atoms with Gasteiger partial charge in [-0.25, -0.2) is 0 Å². The summed E-state index contributed by atoms with van der Waals surface area (Å²) < 4.78 is 14.0. The zero-order valence-corrected chi connectivity index (χ0v) is 15.2. The van der Waals surface area contributed by atoms with Gasteiger partial charge in [0.05, 0.1) is 12.7 Å². The predicted molar refractivity (Wildman–Crippen MR) is 86.9 cm³/mol. The van der Waals surface area contributed by atoms with Gasteiger partial charge in [0.2, 0.25) is 0 Å². The molecule has 134 valence electrons. The van der Waals surface area contributed by atoms with Crippen molar-refractivity contribution in [3.8, 4) is 5.75 Å². The molecule has 0 amide bonds. The van der Waals surface area contributed by atoms with E-state index in [1.165, 1.54) is 0 Å². The van der Waals surface area contributed by atoms with Gasteiger partial charge < -0.3 is 29.4 Å². The third-order valence-corrected chi connectivity index (χ3v) is 3.56. The lowest BCUT2D eigenvalue weighted by molar-refractivity contribution is -0.214. The van der Waals surface area contributed by atoms with Crippen molar-refractivity contribution in [2.24, 2.45) is 5.92 Å². The summed E-state index contributed by atoms with van der Waals surface area (Å²) >= 11 is 0. The number of nitrogens with zero attached hydrogens (tertiary/aromatic N) is 1. The fourth-order valence-electron chi connectivity index (χ4n) is 2.43. The van der Waals surface area contributed by atoms with Crippen LogP contribution in [0.2, 0.25) is 0 Å². The average molecular weight is 348 g/mol. The Hall–Kier alpha value is -0.950. The highest BCUT2D eigenvalue weighted by molar-refractivity contribution is 7.43. The molecule has 0 aliphatic carbocycles. The van der Waals surface area contributed by atoms with Crippen LogP contribution in [0.15, 0.2) is 24.3 Å². The van der Waals surface area contributed by atoms with Crippen LogP contribution in [0.3, 0.4) is 0 Å². The molecule has 0 fully saturated rings. The summed E-state index contributed by atoms with van der Waals surface area (Å²) in [4.78, 5) is 25.0. The Kier molecular flexibility index (Phi) is 8.98. The number of phosphoric acid groups is 1. The van der Waals surface area contributed by atoms with Gasteiger partial charge >= 0.3 is 0 Å². The summed E-state index contributed by atoms with van der Waals surface area (Å²) in [6, 6.07) is 7.72. The molecule has 1 aromatic rings. The van der Waals surface area contributed by atoms with Crippen molar-refractivity contribution in [2.75, 3.05) is 27.7 Å². The molecular formula is C15H27NO6P-. The van der Waals surface area contributed by atoms with Gasteiger partial charge in [0, 0.05) is 12.5 Å². The molecule has 7 nitrogen and oxygen atoms in total. The minimum absolute atomic E-state index is 0.157. The molecule has 3 N–H and O–H groups in total. The van der Waals surface area contributed by atoms with Crippen molar-refractivity contribution in [1.82, 2.24) is 4.90 Å². The van der Waals surface area contributed by atoms with E-state index in [2.05, 4.69) is 11.8 Å². The molecule has 8 heteroatoms. The molecule has 0 unspecified atom stereocenters. The molecular weight excluding hydrogens is 321 g/mol. The number of hydrogen-bond acceptors (Lipinski definition) is 5. The van der Waals surface area contributed by atoms with E-state index in [1.807, 2.05) is 45.3 Å². The lowest BCUT2D eigenvalue weighted by Gasteiger charge is -2.35. The number of aliphatic hydroxyl groups is 1. The molecule has 0 radical (unpaired) electrons. The van der Waals surface area contributed by atoms with Crippen molar-refractivity contribution in [3.63, 3.8) is 0 Å². The van der Waals surface area contributed by atoms with Crippen LogP contribution in [0.1, 0.15) is 25.8 Å². The highest BCUT2D eigenvalue weighted by atomic mass is 31.2. The highest BCUT2D eigenvalue weighted by Gasteiger charge is 2.34. The third-order valence-electron chi connectivity index (χ3n) is 3.56. The maximum absolute atomic E-state index is 10.9. The molecule has 23 heavy (non-hydrogen) atoms. The number of rotatable bonds is 6. The Morgan fingerprint density at radius 1 is 1.39 bits per heavy atom. The largest absolute Gasteiger partial charge is 0.756 e. The number of methoxy groups -OCH3 is 1. The molecule has 0 aromatic heterocycles. The predicted octanol–water partition coefficient (Wildman–Crippen LogP) is 0.930. The van der Waals surface area contributed by atoms with Crippen LogP contribution in [0, 0.1) is 5.92 Å². The third kappa shape index (κ3) is 8.46. The molecule has 0 heterocycles. The Labute approximate surface area is 137 Å². The van der Waals surface area contributed by atoms with Crippen LogP contribution >= 0.6 is 7.82 Å². The van der Waals surface area contributed by atoms with Gasteiger partial charge in [-0.3, -0.25) is 4.57 Å². The summed E-state index contributed by atoms with van der Waals surface area (Å²) in [5, 5.41) is 10.9. The lowest BCUT2D eigenvalue weighted by Crippen LogP contribution is -2.38. The second-order valence-electron chi connectivity index (χ2n) is 5.66. The fraction of sp³-hybridized carbons (Fsp3) is 0.600. The summed E-state index contributed by atoms with van der Waals surface area (Å²) in [5.41, 5.74) is 0.123.